The monoisotopic (exact) mass is 409 g/mol. The molecule has 2 rings (SSSR count). The third-order valence-electron chi connectivity index (χ3n) is 4.27. The molecule has 2 aromatic carbocycles. The van der Waals surface area contributed by atoms with E-state index in [1.54, 1.807) is 12.1 Å². The van der Waals surface area contributed by atoms with Gasteiger partial charge in [-0.1, -0.05) is 30.7 Å². The molecule has 1 atom stereocenters. The standard InChI is InChI=1S/C21H25ClFNO2S/c1-4-20(26-16-9-8-14(2)15(3)12-16)21(25)24-10-11-27-13-17-18(22)6-5-7-19(17)23/h5-9,12,20H,4,10-11,13H2,1-3H3,(H,24,25)/t20-/m1/s1. The van der Waals surface area contributed by atoms with Gasteiger partial charge in [-0.3, -0.25) is 4.79 Å². The summed E-state index contributed by atoms with van der Waals surface area (Å²) in [5.41, 5.74) is 2.82. The summed E-state index contributed by atoms with van der Waals surface area (Å²) in [6, 6.07) is 10.5. The van der Waals surface area contributed by atoms with Gasteiger partial charge < -0.3 is 10.1 Å². The molecule has 0 aliphatic carbocycles. The number of benzene rings is 2. The highest BCUT2D eigenvalue weighted by Gasteiger charge is 2.18. The van der Waals surface area contributed by atoms with Gasteiger partial charge in [-0.05, 0) is 55.7 Å². The van der Waals surface area contributed by atoms with E-state index < -0.39 is 6.10 Å². The van der Waals surface area contributed by atoms with E-state index in [9.17, 15) is 9.18 Å². The van der Waals surface area contributed by atoms with Gasteiger partial charge in [-0.15, -0.1) is 0 Å². The first-order valence-corrected chi connectivity index (χ1v) is 10.5. The van der Waals surface area contributed by atoms with Crippen LogP contribution in [0.5, 0.6) is 5.75 Å². The lowest BCUT2D eigenvalue weighted by atomic mass is 10.1. The highest BCUT2D eigenvalue weighted by Crippen LogP contribution is 2.23. The van der Waals surface area contributed by atoms with E-state index in [0.717, 1.165) is 5.56 Å². The number of hydrogen-bond acceptors (Lipinski definition) is 3. The van der Waals surface area contributed by atoms with Crippen molar-refractivity contribution in [2.24, 2.45) is 0 Å². The summed E-state index contributed by atoms with van der Waals surface area (Å²) >= 11 is 7.53. The summed E-state index contributed by atoms with van der Waals surface area (Å²) in [6.45, 7) is 6.46. The van der Waals surface area contributed by atoms with E-state index in [-0.39, 0.29) is 11.7 Å². The Morgan fingerprint density at radius 1 is 1.26 bits per heavy atom. The number of aryl methyl sites for hydroxylation is 2. The van der Waals surface area contributed by atoms with E-state index in [4.69, 9.17) is 16.3 Å². The molecule has 0 saturated carbocycles. The van der Waals surface area contributed by atoms with Crippen molar-refractivity contribution in [1.29, 1.82) is 0 Å². The van der Waals surface area contributed by atoms with Crippen LogP contribution in [0.1, 0.15) is 30.0 Å². The summed E-state index contributed by atoms with van der Waals surface area (Å²) in [7, 11) is 0. The molecule has 0 spiro atoms. The van der Waals surface area contributed by atoms with Crippen LogP contribution in [0, 0.1) is 19.7 Å². The number of halogens is 2. The van der Waals surface area contributed by atoms with Gasteiger partial charge in [0.25, 0.3) is 5.91 Å². The van der Waals surface area contributed by atoms with Crippen LogP contribution in [0.2, 0.25) is 5.02 Å². The molecule has 0 aliphatic rings. The van der Waals surface area contributed by atoms with Gasteiger partial charge in [-0.2, -0.15) is 11.8 Å². The predicted octanol–water partition coefficient (Wildman–Crippen LogP) is 5.30. The van der Waals surface area contributed by atoms with Crippen molar-refractivity contribution in [1.82, 2.24) is 5.32 Å². The Morgan fingerprint density at radius 2 is 2.04 bits per heavy atom. The van der Waals surface area contributed by atoms with Crippen LogP contribution in [-0.2, 0) is 10.5 Å². The first kappa shape index (κ1) is 21.6. The lowest BCUT2D eigenvalue weighted by Gasteiger charge is -2.18. The van der Waals surface area contributed by atoms with Crippen molar-refractivity contribution in [2.45, 2.75) is 39.0 Å². The van der Waals surface area contributed by atoms with Crippen LogP contribution in [0.3, 0.4) is 0 Å². The fourth-order valence-corrected chi connectivity index (χ4v) is 3.68. The Bertz CT molecular complexity index is 765. The smallest absolute Gasteiger partial charge is 0.261 e. The maximum Gasteiger partial charge on any atom is 0.261 e. The number of carbonyl (C=O) groups excluding carboxylic acids is 1. The van der Waals surface area contributed by atoms with Crippen molar-refractivity contribution in [2.75, 3.05) is 12.3 Å². The normalized spacial score (nSPS) is 11.9. The van der Waals surface area contributed by atoms with Crippen molar-refractivity contribution in [3.8, 4) is 5.75 Å². The second kappa shape index (κ2) is 10.6. The van der Waals surface area contributed by atoms with Gasteiger partial charge in [0.2, 0.25) is 0 Å². The topological polar surface area (TPSA) is 38.3 Å². The third kappa shape index (κ3) is 6.43. The Hall–Kier alpha value is -1.72. The molecule has 2 aromatic rings. The second-order valence-electron chi connectivity index (χ2n) is 6.30. The average molecular weight is 410 g/mol. The third-order valence-corrected chi connectivity index (χ3v) is 5.61. The van der Waals surface area contributed by atoms with E-state index in [1.165, 1.54) is 23.4 Å². The molecule has 0 aliphatic heterocycles. The summed E-state index contributed by atoms with van der Waals surface area (Å²) in [5, 5.41) is 3.31. The quantitative estimate of drug-likeness (QED) is 0.571. The highest BCUT2D eigenvalue weighted by atomic mass is 35.5. The van der Waals surface area contributed by atoms with Gasteiger partial charge in [0.1, 0.15) is 11.6 Å². The molecule has 0 heterocycles. The maximum absolute atomic E-state index is 13.7. The fourth-order valence-electron chi connectivity index (χ4n) is 2.48. The molecule has 3 nitrogen and oxygen atoms in total. The number of amides is 1. The molecular formula is C21H25ClFNO2S. The number of hydrogen-bond donors (Lipinski definition) is 1. The minimum atomic E-state index is -0.530. The van der Waals surface area contributed by atoms with Gasteiger partial charge in [0.05, 0.1) is 0 Å². The Kier molecular flexibility index (Phi) is 8.45. The number of nitrogens with one attached hydrogen (secondary N) is 1. The molecule has 0 fully saturated rings. The van der Waals surface area contributed by atoms with Gasteiger partial charge >= 0.3 is 0 Å². The van der Waals surface area contributed by atoms with Crippen LogP contribution in [0.4, 0.5) is 4.39 Å². The molecular weight excluding hydrogens is 385 g/mol. The van der Waals surface area contributed by atoms with Crippen molar-refractivity contribution in [3.05, 3.63) is 63.9 Å². The van der Waals surface area contributed by atoms with Gasteiger partial charge in [-0.25, -0.2) is 4.39 Å². The van der Waals surface area contributed by atoms with E-state index in [1.807, 2.05) is 39.0 Å². The fraction of sp³-hybridized carbons (Fsp3) is 0.381. The highest BCUT2D eigenvalue weighted by molar-refractivity contribution is 7.98. The zero-order chi connectivity index (χ0) is 19.8. The van der Waals surface area contributed by atoms with Crippen LogP contribution in [0.15, 0.2) is 36.4 Å². The molecule has 1 N–H and O–H groups in total. The number of thioether (sulfide) groups is 1. The average Bonchev–Trinajstić information content (AvgIpc) is 2.64. The SMILES string of the molecule is CC[C@@H](Oc1ccc(C)c(C)c1)C(=O)NCCSCc1c(F)cccc1Cl. The van der Waals surface area contributed by atoms with Crippen molar-refractivity contribution < 1.29 is 13.9 Å². The molecule has 6 heteroatoms. The van der Waals surface area contributed by atoms with Crippen molar-refractivity contribution >= 4 is 29.3 Å². The molecule has 0 bridgehead atoms. The van der Waals surface area contributed by atoms with E-state index >= 15 is 0 Å². The summed E-state index contributed by atoms with van der Waals surface area (Å²) in [6.07, 6.45) is 0.0506. The number of rotatable bonds is 9. The Balaban J connectivity index is 1.77. The molecule has 0 radical (unpaired) electrons. The first-order valence-electron chi connectivity index (χ1n) is 8.94. The number of carbonyl (C=O) groups is 1. The minimum Gasteiger partial charge on any atom is -0.481 e. The first-order chi connectivity index (χ1) is 12.9. The lowest BCUT2D eigenvalue weighted by molar-refractivity contribution is -0.127. The minimum absolute atomic E-state index is 0.139. The van der Waals surface area contributed by atoms with E-state index in [2.05, 4.69) is 5.32 Å². The largest absolute Gasteiger partial charge is 0.481 e. The molecule has 0 aromatic heterocycles. The van der Waals surface area contributed by atoms with Crippen molar-refractivity contribution in [3.63, 3.8) is 0 Å². The zero-order valence-electron chi connectivity index (χ0n) is 15.9. The summed E-state index contributed by atoms with van der Waals surface area (Å²) in [5.74, 6) is 1.39. The molecule has 0 unspecified atom stereocenters. The Labute approximate surface area is 169 Å². The zero-order valence-corrected chi connectivity index (χ0v) is 17.4. The lowest BCUT2D eigenvalue weighted by Crippen LogP contribution is -2.39. The Morgan fingerprint density at radius 3 is 2.70 bits per heavy atom. The van der Waals surface area contributed by atoms with Crippen LogP contribution >= 0.6 is 23.4 Å². The van der Waals surface area contributed by atoms with Crippen LogP contribution in [-0.4, -0.2) is 24.3 Å². The van der Waals surface area contributed by atoms with Crippen LogP contribution < -0.4 is 10.1 Å². The van der Waals surface area contributed by atoms with E-state index in [0.29, 0.717) is 40.8 Å². The molecule has 0 saturated heterocycles. The number of ether oxygens (including phenoxy) is 1. The van der Waals surface area contributed by atoms with Crippen LogP contribution in [0.25, 0.3) is 0 Å². The summed E-state index contributed by atoms with van der Waals surface area (Å²) in [4.78, 5) is 12.3. The second-order valence-corrected chi connectivity index (χ2v) is 7.82. The van der Waals surface area contributed by atoms with Gasteiger partial charge in [0, 0.05) is 28.6 Å². The summed E-state index contributed by atoms with van der Waals surface area (Å²) < 4.78 is 19.5. The maximum atomic E-state index is 13.7. The molecule has 27 heavy (non-hydrogen) atoms. The predicted molar refractivity (Wildman–Crippen MR) is 111 cm³/mol. The molecule has 1 amide bonds. The molecule has 146 valence electrons. The van der Waals surface area contributed by atoms with Gasteiger partial charge in [0.15, 0.2) is 6.10 Å².